The van der Waals surface area contributed by atoms with Crippen molar-refractivity contribution in [1.29, 1.82) is 0 Å². The van der Waals surface area contributed by atoms with E-state index in [0.717, 1.165) is 0 Å². The quantitative estimate of drug-likeness (QED) is 0.471. The van der Waals surface area contributed by atoms with E-state index in [9.17, 15) is 14.9 Å². The topological polar surface area (TPSA) is 63.5 Å². The van der Waals surface area contributed by atoms with Crippen LogP contribution in [0, 0.1) is 10.1 Å². The summed E-state index contributed by atoms with van der Waals surface area (Å²) in [6, 6.07) is 6.73. The molecular weight excluding hydrogens is 172 g/mol. The molecule has 0 aromatic heterocycles. The highest BCUT2D eigenvalue weighted by Crippen LogP contribution is 2.27. The highest BCUT2D eigenvalue weighted by Gasteiger charge is 2.35. The van der Waals surface area contributed by atoms with Gasteiger partial charge in [-0.25, -0.2) is 10.1 Å². The van der Waals surface area contributed by atoms with Crippen molar-refractivity contribution in [3.8, 4) is 0 Å². The molecule has 1 heterocycles. The van der Waals surface area contributed by atoms with Gasteiger partial charge in [0.05, 0.1) is 6.42 Å². The van der Waals surface area contributed by atoms with Crippen LogP contribution in [0.4, 0.5) is 5.69 Å². The zero-order valence-corrected chi connectivity index (χ0v) is 6.64. The molecule has 0 aliphatic carbocycles. The predicted molar refractivity (Wildman–Crippen MR) is 44.6 cm³/mol. The summed E-state index contributed by atoms with van der Waals surface area (Å²) in [5, 5.41) is 10.4. The molecule has 0 saturated carbocycles. The van der Waals surface area contributed by atoms with Gasteiger partial charge in [-0.3, -0.25) is 4.79 Å². The maximum absolute atomic E-state index is 11.2. The second-order valence-corrected chi connectivity index (χ2v) is 2.75. The summed E-state index contributed by atoms with van der Waals surface area (Å²) < 4.78 is 0. The smallest absolute Gasteiger partial charge is 0.268 e. The maximum atomic E-state index is 11.2. The monoisotopic (exact) mass is 178 g/mol. The van der Waals surface area contributed by atoms with Crippen molar-refractivity contribution in [3.05, 3.63) is 39.9 Å². The standard InChI is InChI=1S/C8H6N2O3/c11-8-5-6-3-1-2-4-7(6)9(8)10(12)13/h1-4H,5H2. The van der Waals surface area contributed by atoms with Crippen LogP contribution < -0.4 is 5.01 Å². The molecule has 1 aliphatic heterocycles. The number of hydrazine groups is 1. The van der Waals surface area contributed by atoms with Gasteiger partial charge < -0.3 is 0 Å². The van der Waals surface area contributed by atoms with Crippen LogP contribution >= 0.6 is 0 Å². The minimum Gasteiger partial charge on any atom is -0.268 e. The second kappa shape index (κ2) is 2.55. The van der Waals surface area contributed by atoms with Gasteiger partial charge in [-0.15, -0.1) is 0 Å². The Labute approximate surface area is 73.7 Å². The average Bonchev–Trinajstić information content (AvgIpc) is 2.39. The maximum Gasteiger partial charge on any atom is 0.293 e. The molecule has 5 heteroatoms. The van der Waals surface area contributed by atoms with Gasteiger partial charge in [0.2, 0.25) is 0 Å². The molecule has 1 aromatic rings. The molecule has 0 fully saturated rings. The summed E-state index contributed by atoms with van der Waals surface area (Å²) in [6.45, 7) is 0. The van der Waals surface area contributed by atoms with Crippen molar-refractivity contribution in [2.24, 2.45) is 0 Å². The van der Waals surface area contributed by atoms with E-state index in [2.05, 4.69) is 0 Å². The van der Waals surface area contributed by atoms with E-state index >= 15 is 0 Å². The van der Waals surface area contributed by atoms with Crippen molar-refractivity contribution < 1.29 is 9.83 Å². The zero-order chi connectivity index (χ0) is 9.42. The van der Waals surface area contributed by atoms with Crippen LogP contribution in [-0.4, -0.2) is 10.9 Å². The third-order valence-corrected chi connectivity index (χ3v) is 1.96. The molecular formula is C8H6N2O3. The summed E-state index contributed by atoms with van der Waals surface area (Å²) in [5.41, 5.74) is 1.10. The first-order valence-electron chi connectivity index (χ1n) is 3.75. The zero-order valence-electron chi connectivity index (χ0n) is 6.64. The molecule has 0 bridgehead atoms. The van der Waals surface area contributed by atoms with Crippen LogP contribution in [0.2, 0.25) is 0 Å². The van der Waals surface area contributed by atoms with E-state index in [1.165, 1.54) is 0 Å². The number of benzene rings is 1. The van der Waals surface area contributed by atoms with Crippen molar-refractivity contribution in [1.82, 2.24) is 0 Å². The molecule has 1 aliphatic rings. The molecule has 0 N–H and O–H groups in total. The highest BCUT2D eigenvalue weighted by atomic mass is 16.7. The summed E-state index contributed by atoms with van der Waals surface area (Å²) in [5.74, 6) is -0.480. The fourth-order valence-electron chi connectivity index (χ4n) is 1.42. The van der Waals surface area contributed by atoms with Gasteiger partial charge in [-0.1, -0.05) is 18.2 Å². The van der Waals surface area contributed by atoms with Gasteiger partial charge in [-0.2, -0.15) is 0 Å². The molecule has 1 amide bonds. The summed E-state index contributed by atoms with van der Waals surface area (Å²) >= 11 is 0. The molecule has 0 spiro atoms. The summed E-state index contributed by atoms with van der Waals surface area (Å²) in [4.78, 5) is 21.6. The lowest BCUT2D eigenvalue weighted by atomic mass is 10.2. The minimum atomic E-state index is -0.686. The lowest BCUT2D eigenvalue weighted by Gasteiger charge is -2.03. The van der Waals surface area contributed by atoms with E-state index in [1.807, 2.05) is 0 Å². The van der Waals surface area contributed by atoms with Crippen molar-refractivity contribution >= 4 is 11.6 Å². The Hall–Kier alpha value is -1.91. The number of hydrogen-bond acceptors (Lipinski definition) is 3. The molecule has 0 radical (unpaired) electrons. The van der Waals surface area contributed by atoms with Gasteiger partial charge in [-0.05, 0) is 16.6 Å². The lowest BCUT2D eigenvalue weighted by Crippen LogP contribution is -2.32. The normalized spacial score (nSPS) is 14.5. The van der Waals surface area contributed by atoms with Crippen LogP contribution in [0.15, 0.2) is 24.3 Å². The Morgan fingerprint density at radius 1 is 1.38 bits per heavy atom. The predicted octanol–water partition coefficient (Wildman–Crippen LogP) is 0.767. The Balaban J connectivity index is 2.52. The van der Waals surface area contributed by atoms with E-state index in [-0.39, 0.29) is 6.42 Å². The van der Waals surface area contributed by atoms with Crippen LogP contribution in [-0.2, 0) is 11.2 Å². The van der Waals surface area contributed by atoms with Crippen LogP contribution in [0.25, 0.3) is 0 Å². The largest absolute Gasteiger partial charge is 0.293 e. The first-order chi connectivity index (χ1) is 6.20. The number of nitro groups is 1. The van der Waals surface area contributed by atoms with Gasteiger partial charge in [0, 0.05) is 0 Å². The van der Waals surface area contributed by atoms with Crippen LogP contribution in [0.3, 0.4) is 0 Å². The third-order valence-electron chi connectivity index (χ3n) is 1.96. The second-order valence-electron chi connectivity index (χ2n) is 2.75. The number of amides is 1. The molecule has 2 rings (SSSR count). The van der Waals surface area contributed by atoms with E-state index < -0.39 is 10.9 Å². The van der Waals surface area contributed by atoms with Gasteiger partial charge >= 0.3 is 0 Å². The van der Waals surface area contributed by atoms with Crippen LogP contribution in [0.1, 0.15) is 5.56 Å². The fraction of sp³-hybridized carbons (Fsp3) is 0.125. The number of hydrogen-bond donors (Lipinski definition) is 0. The number of nitrogens with zero attached hydrogens (tertiary/aromatic N) is 2. The van der Waals surface area contributed by atoms with E-state index in [1.54, 1.807) is 24.3 Å². The third kappa shape index (κ3) is 1.05. The number of anilines is 1. The molecule has 0 saturated heterocycles. The Kier molecular flexibility index (Phi) is 1.51. The van der Waals surface area contributed by atoms with Crippen molar-refractivity contribution in [3.63, 3.8) is 0 Å². The number of fused-ring (bicyclic) bond motifs is 1. The van der Waals surface area contributed by atoms with Crippen molar-refractivity contribution in [2.75, 3.05) is 5.01 Å². The van der Waals surface area contributed by atoms with Gasteiger partial charge in [0.15, 0.2) is 5.03 Å². The van der Waals surface area contributed by atoms with Crippen LogP contribution in [0.5, 0.6) is 0 Å². The molecule has 5 nitrogen and oxygen atoms in total. The average molecular weight is 178 g/mol. The Bertz CT molecular complexity index is 389. The minimum absolute atomic E-state index is 0.122. The van der Waals surface area contributed by atoms with E-state index in [0.29, 0.717) is 16.3 Å². The number of carbonyl (C=O) groups is 1. The van der Waals surface area contributed by atoms with E-state index in [4.69, 9.17) is 0 Å². The molecule has 13 heavy (non-hydrogen) atoms. The van der Waals surface area contributed by atoms with Gasteiger partial charge in [0.25, 0.3) is 5.91 Å². The highest BCUT2D eigenvalue weighted by molar-refractivity contribution is 5.99. The number of para-hydroxylation sites is 1. The SMILES string of the molecule is O=C1Cc2ccccc2N1[N+](=O)[O-]. The first-order valence-corrected chi connectivity index (χ1v) is 3.75. The number of carbonyl (C=O) groups excluding carboxylic acids is 1. The van der Waals surface area contributed by atoms with Crippen molar-refractivity contribution in [2.45, 2.75) is 6.42 Å². The fourth-order valence-corrected chi connectivity index (χ4v) is 1.42. The van der Waals surface area contributed by atoms with Gasteiger partial charge in [0.1, 0.15) is 5.69 Å². The lowest BCUT2D eigenvalue weighted by molar-refractivity contribution is -0.483. The Morgan fingerprint density at radius 3 is 2.77 bits per heavy atom. The molecule has 0 unspecified atom stereocenters. The molecule has 1 aromatic carbocycles. The summed E-state index contributed by atoms with van der Waals surface area (Å²) in [7, 11) is 0. The first kappa shape index (κ1) is 7.72. The molecule has 0 atom stereocenters. The Morgan fingerprint density at radius 2 is 2.08 bits per heavy atom. The molecule has 66 valence electrons. The number of rotatable bonds is 1. The summed E-state index contributed by atoms with van der Waals surface area (Å²) in [6.07, 6.45) is 0.122.